The average Bonchev–Trinajstić information content (AvgIpc) is 2.52. The zero-order valence-electron chi connectivity index (χ0n) is 8.62. The highest BCUT2D eigenvalue weighted by atomic mass is 16.1. The Kier molecular flexibility index (Phi) is 3.72. The molecule has 1 aliphatic heterocycles. The van der Waals surface area contributed by atoms with Gasteiger partial charge >= 0.3 is 0 Å². The average molecular weight is 184 g/mol. The van der Waals surface area contributed by atoms with Crippen molar-refractivity contribution in [2.24, 2.45) is 17.6 Å². The van der Waals surface area contributed by atoms with Crippen molar-refractivity contribution in [3.05, 3.63) is 0 Å². The van der Waals surface area contributed by atoms with Gasteiger partial charge in [-0.1, -0.05) is 13.8 Å². The molecule has 1 saturated heterocycles. The van der Waals surface area contributed by atoms with Gasteiger partial charge in [0.2, 0.25) is 5.91 Å². The van der Waals surface area contributed by atoms with Crippen LogP contribution in [0.4, 0.5) is 0 Å². The summed E-state index contributed by atoms with van der Waals surface area (Å²) in [4.78, 5) is 13.3. The Labute approximate surface area is 80.3 Å². The first kappa shape index (κ1) is 10.5. The summed E-state index contributed by atoms with van der Waals surface area (Å²) in [5.41, 5.74) is 5.23. The minimum Gasteiger partial charge on any atom is -0.369 e. The fourth-order valence-electron chi connectivity index (χ4n) is 2.01. The molecule has 13 heavy (non-hydrogen) atoms. The standard InChI is InChI=1S/C10H20N2O/c1-3-12-5-4-9(7-12)6-8(2)10(11)13/h8-9H,3-7H2,1-2H3,(H2,11,13). The highest BCUT2D eigenvalue weighted by Gasteiger charge is 2.24. The van der Waals surface area contributed by atoms with Crippen molar-refractivity contribution in [3.8, 4) is 0 Å². The molecule has 0 bridgehead atoms. The Hall–Kier alpha value is -0.570. The number of primary amides is 1. The summed E-state index contributed by atoms with van der Waals surface area (Å²) in [6, 6.07) is 0. The number of amides is 1. The van der Waals surface area contributed by atoms with E-state index >= 15 is 0 Å². The van der Waals surface area contributed by atoms with Gasteiger partial charge in [0.05, 0.1) is 0 Å². The molecule has 2 N–H and O–H groups in total. The van der Waals surface area contributed by atoms with Crippen LogP contribution in [-0.2, 0) is 4.79 Å². The fourth-order valence-corrected chi connectivity index (χ4v) is 2.01. The van der Waals surface area contributed by atoms with Crippen molar-refractivity contribution < 1.29 is 4.79 Å². The monoisotopic (exact) mass is 184 g/mol. The Morgan fingerprint density at radius 3 is 2.85 bits per heavy atom. The van der Waals surface area contributed by atoms with E-state index < -0.39 is 0 Å². The topological polar surface area (TPSA) is 46.3 Å². The lowest BCUT2D eigenvalue weighted by Crippen LogP contribution is -2.25. The summed E-state index contributed by atoms with van der Waals surface area (Å²) in [5.74, 6) is 0.569. The van der Waals surface area contributed by atoms with Crippen LogP contribution in [0.15, 0.2) is 0 Å². The van der Waals surface area contributed by atoms with Crippen molar-refractivity contribution in [2.45, 2.75) is 26.7 Å². The van der Waals surface area contributed by atoms with E-state index in [1.807, 2.05) is 6.92 Å². The van der Waals surface area contributed by atoms with Crippen LogP contribution in [0.25, 0.3) is 0 Å². The van der Waals surface area contributed by atoms with Crippen molar-refractivity contribution in [1.82, 2.24) is 4.90 Å². The van der Waals surface area contributed by atoms with Crippen molar-refractivity contribution in [1.29, 1.82) is 0 Å². The van der Waals surface area contributed by atoms with E-state index in [2.05, 4.69) is 11.8 Å². The molecule has 76 valence electrons. The summed E-state index contributed by atoms with van der Waals surface area (Å²) < 4.78 is 0. The van der Waals surface area contributed by atoms with E-state index in [0.29, 0.717) is 5.92 Å². The van der Waals surface area contributed by atoms with Crippen molar-refractivity contribution in [2.75, 3.05) is 19.6 Å². The number of likely N-dealkylation sites (tertiary alicyclic amines) is 1. The molecule has 0 radical (unpaired) electrons. The summed E-state index contributed by atoms with van der Waals surface area (Å²) >= 11 is 0. The third kappa shape index (κ3) is 2.99. The van der Waals surface area contributed by atoms with Crippen LogP contribution in [0.5, 0.6) is 0 Å². The highest BCUT2D eigenvalue weighted by molar-refractivity contribution is 5.76. The summed E-state index contributed by atoms with van der Waals surface area (Å²) in [6.45, 7) is 7.57. The van der Waals surface area contributed by atoms with E-state index in [1.165, 1.54) is 13.0 Å². The molecular formula is C10H20N2O. The van der Waals surface area contributed by atoms with Gasteiger partial charge in [-0.15, -0.1) is 0 Å². The zero-order valence-corrected chi connectivity index (χ0v) is 8.62. The molecule has 1 rings (SSSR count). The summed E-state index contributed by atoms with van der Waals surface area (Å²) in [6.07, 6.45) is 2.19. The van der Waals surface area contributed by atoms with Gasteiger partial charge < -0.3 is 10.6 Å². The number of carbonyl (C=O) groups is 1. The molecule has 2 unspecified atom stereocenters. The largest absolute Gasteiger partial charge is 0.369 e. The van der Waals surface area contributed by atoms with E-state index in [4.69, 9.17) is 5.73 Å². The third-order valence-corrected chi connectivity index (χ3v) is 2.99. The Morgan fingerprint density at radius 1 is 1.69 bits per heavy atom. The van der Waals surface area contributed by atoms with E-state index in [9.17, 15) is 4.79 Å². The molecule has 1 heterocycles. The zero-order chi connectivity index (χ0) is 9.84. The van der Waals surface area contributed by atoms with Gasteiger partial charge in [-0.05, 0) is 31.8 Å². The van der Waals surface area contributed by atoms with E-state index in [0.717, 1.165) is 19.5 Å². The van der Waals surface area contributed by atoms with Crippen LogP contribution in [0.3, 0.4) is 0 Å². The van der Waals surface area contributed by atoms with Crippen molar-refractivity contribution >= 4 is 5.91 Å². The smallest absolute Gasteiger partial charge is 0.220 e. The Morgan fingerprint density at radius 2 is 2.38 bits per heavy atom. The van der Waals surface area contributed by atoms with Gasteiger partial charge in [0.1, 0.15) is 0 Å². The minimum atomic E-state index is -0.157. The molecule has 0 aromatic rings. The number of rotatable bonds is 4. The van der Waals surface area contributed by atoms with E-state index in [-0.39, 0.29) is 11.8 Å². The van der Waals surface area contributed by atoms with E-state index in [1.54, 1.807) is 0 Å². The SMILES string of the molecule is CCN1CCC(CC(C)C(N)=O)C1. The molecule has 0 aliphatic carbocycles. The van der Waals surface area contributed by atoms with Crippen LogP contribution in [0, 0.1) is 11.8 Å². The molecule has 0 aromatic carbocycles. The molecule has 1 amide bonds. The lowest BCUT2D eigenvalue weighted by molar-refractivity contribution is -0.121. The normalized spacial score (nSPS) is 26.2. The lowest BCUT2D eigenvalue weighted by Gasteiger charge is -2.15. The summed E-state index contributed by atoms with van der Waals surface area (Å²) in [7, 11) is 0. The van der Waals surface area contributed by atoms with Crippen LogP contribution in [-0.4, -0.2) is 30.4 Å². The van der Waals surface area contributed by atoms with Crippen LogP contribution >= 0.6 is 0 Å². The first-order valence-corrected chi connectivity index (χ1v) is 5.15. The molecule has 1 fully saturated rings. The maximum Gasteiger partial charge on any atom is 0.220 e. The molecule has 0 saturated carbocycles. The molecule has 3 nitrogen and oxygen atoms in total. The molecule has 1 aliphatic rings. The second-order valence-corrected chi connectivity index (χ2v) is 4.09. The van der Waals surface area contributed by atoms with Gasteiger partial charge in [-0.25, -0.2) is 0 Å². The van der Waals surface area contributed by atoms with Gasteiger partial charge in [0.15, 0.2) is 0 Å². The Bertz CT molecular complexity index is 182. The van der Waals surface area contributed by atoms with Gasteiger partial charge in [-0.2, -0.15) is 0 Å². The highest BCUT2D eigenvalue weighted by Crippen LogP contribution is 2.22. The number of nitrogens with two attached hydrogens (primary N) is 1. The predicted octanol–water partition coefficient (Wildman–Crippen LogP) is 0.840. The number of nitrogens with zero attached hydrogens (tertiary/aromatic N) is 1. The second kappa shape index (κ2) is 4.61. The maximum absolute atomic E-state index is 10.8. The molecule has 2 atom stereocenters. The quantitative estimate of drug-likeness (QED) is 0.703. The van der Waals surface area contributed by atoms with Crippen molar-refractivity contribution in [3.63, 3.8) is 0 Å². The first-order valence-electron chi connectivity index (χ1n) is 5.15. The lowest BCUT2D eigenvalue weighted by atomic mass is 9.95. The fraction of sp³-hybridized carbons (Fsp3) is 0.900. The maximum atomic E-state index is 10.8. The molecule has 3 heteroatoms. The summed E-state index contributed by atoms with van der Waals surface area (Å²) in [5, 5.41) is 0. The predicted molar refractivity (Wildman–Crippen MR) is 53.2 cm³/mol. The van der Waals surface area contributed by atoms with Gasteiger partial charge in [-0.3, -0.25) is 4.79 Å². The second-order valence-electron chi connectivity index (χ2n) is 4.09. The van der Waals surface area contributed by atoms with Gasteiger partial charge in [0.25, 0.3) is 0 Å². The van der Waals surface area contributed by atoms with Crippen LogP contribution in [0.1, 0.15) is 26.7 Å². The van der Waals surface area contributed by atoms with Crippen LogP contribution < -0.4 is 5.73 Å². The van der Waals surface area contributed by atoms with Crippen LogP contribution in [0.2, 0.25) is 0 Å². The third-order valence-electron chi connectivity index (χ3n) is 2.99. The molecular weight excluding hydrogens is 164 g/mol. The first-order chi connectivity index (χ1) is 6.13. The number of hydrogen-bond donors (Lipinski definition) is 1. The minimum absolute atomic E-state index is 0.0433. The molecule has 0 spiro atoms. The van der Waals surface area contributed by atoms with Gasteiger partial charge in [0, 0.05) is 12.5 Å². The number of hydrogen-bond acceptors (Lipinski definition) is 2. The molecule has 0 aromatic heterocycles. The Balaban J connectivity index is 2.27. The number of carbonyl (C=O) groups excluding carboxylic acids is 1.